The molecule has 0 bridgehead atoms. The molecule has 1 aliphatic rings. The lowest BCUT2D eigenvalue weighted by Crippen LogP contribution is -2.39. The largest absolute Gasteiger partial charge is 0.325 e. The predicted octanol–water partition coefficient (Wildman–Crippen LogP) is 6.30. The third-order valence-electron chi connectivity index (χ3n) is 6.22. The molecule has 0 saturated carbocycles. The van der Waals surface area contributed by atoms with Crippen molar-refractivity contribution in [3.8, 4) is 0 Å². The summed E-state index contributed by atoms with van der Waals surface area (Å²) in [7, 11) is 1.17. The van der Waals surface area contributed by atoms with Crippen LogP contribution in [0.3, 0.4) is 0 Å². The summed E-state index contributed by atoms with van der Waals surface area (Å²) >= 11 is 0. The maximum atomic E-state index is 11.1. The van der Waals surface area contributed by atoms with Crippen molar-refractivity contribution in [2.24, 2.45) is 0 Å². The van der Waals surface area contributed by atoms with Gasteiger partial charge in [0, 0.05) is 5.56 Å². The number of rotatable bonds is 13. The van der Waals surface area contributed by atoms with Crippen LogP contribution in [-0.4, -0.2) is 39.4 Å². The lowest BCUT2D eigenvalue weighted by Gasteiger charge is -2.30. The van der Waals surface area contributed by atoms with Gasteiger partial charge >= 0.3 is 0 Å². The van der Waals surface area contributed by atoms with E-state index in [0.29, 0.717) is 0 Å². The minimum absolute atomic E-state index is 0.0648. The molecular formula is C28H43N2O3S+. The van der Waals surface area contributed by atoms with E-state index in [1.807, 2.05) is 4.72 Å². The fraction of sp³-hybridized carbons (Fsp3) is 0.536. The number of quaternary nitrogens is 1. The molecule has 5 nitrogen and oxygen atoms in total. The van der Waals surface area contributed by atoms with E-state index in [1.54, 1.807) is 12.1 Å². The van der Waals surface area contributed by atoms with Crippen molar-refractivity contribution in [2.75, 3.05) is 20.6 Å². The number of unbranched alkanes of at least 4 members (excludes halogenated alkanes) is 9. The van der Waals surface area contributed by atoms with Gasteiger partial charge in [-0.05, 0) is 25.0 Å². The molecule has 0 aromatic heterocycles. The number of sulfonamides is 1. The first kappa shape index (κ1) is 28.1. The average molecular weight is 488 g/mol. The SMILES string of the molecule is CCCCCCCCCCCC[N+](C)(C)Cc1ccccc1.O=C1NS(=O)(=O)c2ccccc21. The molecule has 3 rings (SSSR count). The Hall–Kier alpha value is -2.18. The van der Waals surface area contributed by atoms with Gasteiger partial charge < -0.3 is 4.48 Å². The fourth-order valence-corrected chi connectivity index (χ4v) is 5.48. The van der Waals surface area contributed by atoms with Gasteiger partial charge in [0.05, 0.1) is 26.2 Å². The summed E-state index contributed by atoms with van der Waals surface area (Å²) < 4.78 is 25.3. The number of carbonyl (C=O) groups is 1. The Bertz CT molecular complexity index is 972. The number of hydrogen-bond acceptors (Lipinski definition) is 3. The molecule has 2 aromatic rings. The van der Waals surface area contributed by atoms with Crippen LogP contribution >= 0.6 is 0 Å². The van der Waals surface area contributed by atoms with Crippen LogP contribution < -0.4 is 4.72 Å². The lowest BCUT2D eigenvalue weighted by molar-refractivity contribution is -0.903. The Kier molecular flexibility index (Phi) is 11.8. The topological polar surface area (TPSA) is 63.2 Å². The van der Waals surface area contributed by atoms with Crippen molar-refractivity contribution in [3.05, 3.63) is 65.7 Å². The van der Waals surface area contributed by atoms with Crippen LogP contribution in [0, 0.1) is 0 Å². The summed E-state index contributed by atoms with van der Waals surface area (Å²) in [4.78, 5) is 11.1. The van der Waals surface area contributed by atoms with Crippen molar-refractivity contribution < 1.29 is 17.7 Å². The van der Waals surface area contributed by atoms with Crippen LogP contribution in [0.5, 0.6) is 0 Å². The third-order valence-corrected chi connectivity index (χ3v) is 7.61. The Morgan fingerprint density at radius 1 is 0.735 bits per heavy atom. The van der Waals surface area contributed by atoms with Gasteiger partial charge in [-0.25, -0.2) is 13.1 Å². The van der Waals surface area contributed by atoms with Crippen LogP contribution in [0.25, 0.3) is 0 Å². The number of amides is 1. The third kappa shape index (κ3) is 9.98. The standard InChI is InChI=1S/C21H38N.C7H5NO3S/c1-4-5-6-7-8-9-10-11-12-16-19-22(2,3)20-21-17-14-13-15-18-21;9-7-5-3-1-2-4-6(5)12(10,11)8-7/h13-15,17-18H,4-12,16,19-20H2,1-3H3;1-4H,(H,8,9)/q+1;. The van der Waals surface area contributed by atoms with Crippen molar-refractivity contribution in [1.29, 1.82) is 0 Å². The first-order valence-corrected chi connectivity index (χ1v) is 14.3. The summed E-state index contributed by atoms with van der Waals surface area (Å²) in [6, 6.07) is 17.0. The van der Waals surface area contributed by atoms with E-state index in [4.69, 9.17) is 0 Å². The summed E-state index contributed by atoms with van der Waals surface area (Å²) in [5.74, 6) is -0.550. The summed E-state index contributed by atoms with van der Waals surface area (Å²) in [5, 5.41) is 0. The van der Waals surface area contributed by atoms with Gasteiger partial charge in [-0.15, -0.1) is 0 Å². The first-order valence-electron chi connectivity index (χ1n) is 12.8. The smallest absolute Gasteiger partial charge is 0.266 e. The van der Waals surface area contributed by atoms with Crippen molar-refractivity contribution in [1.82, 2.24) is 4.72 Å². The highest BCUT2D eigenvalue weighted by atomic mass is 32.2. The molecule has 0 radical (unpaired) electrons. The van der Waals surface area contributed by atoms with Gasteiger partial charge in [-0.2, -0.15) is 0 Å². The summed E-state index contributed by atoms with van der Waals surface area (Å²) in [6.07, 6.45) is 14.2. The number of hydrogen-bond donors (Lipinski definition) is 1. The minimum atomic E-state index is -3.55. The van der Waals surface area contributed by atoms with E-state index in [9.17, 15) is 13.2 Å². The molecule has 0 fully saturated rings. The van der Waals surface area contributed by atoms with Crippen molar-refractivity contribution >= 4 is 15.9 Å². The molecule has 0 atom stereocenters. The van der Waals surface area contributed by atoms with Gasteiger partial charge in [-0.1, -0.05) is 101 Å². The average Bonchev–Trinajstić information content (AvgIpc) is 3.04. The van der Waals surface area contributed by atoms with E-state index in [-0.39, 0.29) is 10.5 Å². The van der Waals surface area contributed by atoms with Gasteiger partial charge in [0.1, 0.15) is 11.4 Å². The highest BCUT2D eigenvalue weighted by Gasteiger charge is 2.31. The highest BCUT2D eigenvalue weighted by Crippen LogP contribution is 2.21. The van der Waals surface area contributed by atoms with E-state index in [0.717, 1.165) is 11.0 Å². The second-order valence-corrected chi connectivity index (χ2v) is 11.6. The second-order valence-electron chi connectivity index (χ2n) is 9.92. The Labute approximate surface area is 207 Å². The van der Waals surface area contributed by atoms with E-state index < -0.39 is 15.9 Å². The molecule has 0 spiro atoms. The molecule has 0 saturated heterocycles. The lowest BCUT2D eigenvalue weighted by atomic mass is 10.1. The summed E-state index contributed by atoms with van der Waals surface area (Å²) in [6.45, 7) is 4.74. The zero-order valence-electron chi connectivity index (χ0n) is 21.3. The molecule has 1 N–H and O–H groups in total. The first-order chi connectivity index (χ1) is 16.2. The minimum Gasteiger partial charge on any atom is -0.325 e. The molecular weight excluding hydrogens is 444 g/mol. The van der Waals surface area contributed by atoms with Crippen LogP contribution in [0.1, 0.15) is 87.1 Å². The molecule has 1 aliphatic heterocycles. The predicted molar refractivity (Wildman–Crippen MR) is 140 cm³/mol. The number of carbonyl (C=O) groups excluding carboxylic acids is 1. The molecule has 34 heavy (non-hydrogen) atoms. The van der Waals surface area contributed by atoms with E-state index in [1.165, 1.54) is 88.4 Å². The van der Waals surface area contributed by atoms with Gasteiger partial charge in [-0.3, -0.25) is 4.79 Å². The quantitative estimate of drug-likeness (QED) is 0.266. The molecule has 2 aromatic carbocycles. The molecule has 6 heteroatoms. The molecule has 0 aliphatic carbocycles. The molecule has 1 amide bonds. The maximum Gasteiger partial charge on any atom is 0.266 e. The summed E-state index contributed by atoms with van der Waals surface area (Å²) in [5.41, 5.74) is 1.68. The number of fused-ring (bicyclic) bond motifs is 1. The fourth-order valence-electron chi connectivity index (χ4n) is 4.30. The van der Waals surface area contributed by atoms with Crippen LogP contribution in [0.15, 0.2) is 59.5 Å². The number of nitrogens with zero attached hydrogens (tertiary/aromatic N) is 1. The Morgan fingerprint density at radius 2 is 1.26 bits per heavy atom. The molecule has 1 heterocycles. The zero-order valence-corrected chi connectivity index (χ0v) is 22.1. The van der Waals surface area contributed by atoms with Crippen LogP contribution in [0.2, 0.25) is 0 Å². The van der Waals surface area contributed by atoms with E-state index in [2.05, 4.69) is 51.4 Å². The van der Waals surface area contributed by atoms with Crippen LogP contribution in [-0.2, 0) is 16.6 Å². The van der Waals surface area contributed by atoms with Gasteiger partial charge in [0.15, 0.2) is 0 Å². The Balaban J connectivity index is 0.000000283. The Morgan fingerprint density at radius 3 is 1.85 bits per heavy atom. The zero-order chi connectivity index (χ0) is 24.9. The second kappa shape index (κ2) is 14.3. The van der Waals surface area contributed by atoms with Crippen molar-refractivity contribution in [3.63, 3.8) is 0 Å². The number of benzene rings is 2. The monoisotopic (exact) mass is 487 g/mol. The number of nitrogens with one attached hydrogen (secondary N) is 1. The normalized spacial score (nSPS) is 14.1. The van der Waals surface area contributed by atoms with Gasteiger partial charge in [0.25, 0.3) is 15.9 Å². The van der Waals surface area contributed by atoms with Crippen LogP contribution in [0.4, 0.5) is 0 Å². The highest BCUT2D eigenvalue weighted by molar-refractivity contribution is 7.90. The van der Waals surface area contributed by atoms with Gasteiger partial charge in [0.2, 0.25) is 0 Å². The van der Waals surface area contributed by atoms with Crippen molar-refractivity contribution in [2.45, 2.75) is 82.6 Å². The molecule has 0 unspecified atom stereocenters. The van der Waals surface area contributed by atoms with E-state index >= 15 is 0 Å². The maximum absolute atomic E-state index is 11.1. The molecule has 188 valence electrons.